The number of likely N-dealkylation sites (N-methyl/N-ethyl adjacent to an activating group) is 1. The van der Waals surface area contributed by atoms with Crippen molar-refractivity contribution in [3.63, 3.8) is 0 Å². The minimum atomic E-state index is 0.357. The summed E-state index contributed by atoms with van der Waals surface area (Å²) >= 11 is 0. The summed E-state index contributed by atoms with van der Waals surface area (Å²) in [5.74, 6) is 0.952. The predicted molar refractivity (Wildman–Crippen MR) is 64.1 cm³/mol. The fourth-order valence-electron chi connectivity index (χ4n) is 2.45. The minimum Gasteiger partial charge on any atom is -0.316 e. The van der Waals surface area contributed by atoms with Gasteiger partial charge in [-0.3, -0.25) is 4.90 Å². The fourth-order valence-corrected chi connectivity index (χ4v) is 2.45. The molecule has 0 aliphatic carbocycles. The summed E-state index contributed by atoms with van der Waals surface area (Å²) in [5, 5.41) is 3.35. The molecule has 0 atom stereocenters. The Hall–Kier alpha value is -0.120. The molecule has 0 aromatic rings. The third kappa shape index (κ3) is 2.71. The summed E-state index contributed by atoms with van der Waals surface area (Å²) in [5.41, 5.74) is 0.357. The molecule has 2 saturated heterocycles. The van der Waals surface area contributed by atoms with Crippen LogP contribution in [0.15, 0.2) is 0 Å². The van der Waals surface area contributed by atoms with Gasteiger partial charge in [0.05, 0.1) is 0 Å². The molecule has 0 radical (unpaired) electrons. The highest BCUT2D eigenvalue weighted by atomic mass is 15.3. The zero-order valence-electron chi connectivity index (χ0n) is 10.4. The number of hydrogen-bond donors (Lipinski definition) is 1. The Kier molecular flexibility index (Phi) is 3.33. The van der Waals surface area contributed by atoms with E-state index in [-0.39, 0.29) is 0 Å². The first-order chi connectivity index (χ1) is 7.08. The van der Waals surface area contributed by atoms with Crippen LogP contribution in [-0.4, -0.2) is 61.7 Å². The molecule has 2 rings (SSSR count). The molecule has 1 N–H and O–H groups in total. The number of hydrogen-bond acceptors (Lipinski definition) is 3. The molecule has 0 saturated carbocycles. The van der Waals surface area contributed by atoms with Crippen molar-refractivity contribution in [2.75, 3.05) is 46.3 Å². The lowest BCUT2D eigenvalue weighted by Gasteiger charge is -2.46. The molecule has 3 heteroatoms. The molecule has 0 amide bonds. The highest BCUT2D eigenvalue weighted by molar-refractivity contribution is 4.88. The largest absolute Gasteiger partial charge is 0.316 e. The molecule has 15 heavy (non-hydrogen) atoms. The van der Waals surface area contributed by atoms with Gasteiger partial charge in [-0.05, 0) is 52.9 Å². The van der Waals surface area contributed by atoms with E-state index >= 15 is 0 Å². The average molecular weight is 211 g/mol. The van der Waals surface area contributed by atoms with Crippen LogP contribution in [0, 0.1) is 5.92 Å². The number of nitrogens with one attached hydrogen (secondary N) is 1. The summed E-state index contributed by atoms with van der Waals surface area (Å²) in [4.78, 5) is 5.12. The van der Waals surface area contributed by atoms with Crippen molar-refractivity contribution >= 4 is 0 Å². The van der Waals surface area contributed by atoms with Gasteiger partial charge in [0.1, 0.15) is 0 Å². The van der Waals surface area contributed by atoms with Crippen molar-refractivity contribution in [2.24, 2.45) is 5.92 Å². The quantitative estimate of drug-likeness (QED) is 0.738. The first kappa shape index (κ1) is 11.4. The van der Waals surface area contributed by atoms with Crippen LogP contribution in [0.2, 0.25) is 0 Å². The van der Waals surface area contributed by atoms with Crippen molar-refractivity contribution < 1.29 is 0 Å². The maximum atomic E-state index is 3.35. The molecule has 2 aliphatic rings. The lowest BCUT2D eigenvalue weighted by Crippen LogP contribution is -2.58. The summed E-state index contributed by atoms with van der Waals surface area (Å²) in [6.07, 6.45) is 1.38. The predicted octanol–water partition coefficient (Wildman–Crippen LogP) is 0.622. The van der Waals surface area contributed by atoms with Gasteiger partial charge < -0.3 is 10.2 Å². The molecule has 0 spiro atoms. The maximum absolute atomic E-state index is 3.35. The number of rotatable bonds is 3. The van der Waals surface area contributed by atoms with Gasteiger partial charge in [-0.25, -0.2) is 0 Å². The van der Waals surface area contributed by atoms with Crippen LogP contribution in [0.5, 0.6) is 0 Å². The minimum absolute atomic E-state index is 0.357. The Morgan fingerprint density at radius 1 is 1.27 bits per heavy atom. The summed E-state index contributed by atoms with van der Waals surface area (Å²) < 4.78 is 0. The second kappa shape index (κ2) is 4.40. The smallest absolute Gasteiger partial charge is 0.0277 e. The second-order valence-electron chi connectivity index (χ2n) is 5.82. The lowest BCUT2D eigenvalue weighted by atomic mass is 9.96. The zero-order valence-corrected chi connectivity index (χ0v) is 10.4. The monoisotopic (exact) mass is 211 g/mol. The van der Waals surface area contributed by atoms with Crippen LogP contribution in [0.3, 0.4) is 0 Å². The van der Waals surface area contributed by atoms with Crippen LogP contribution in [-0.2, 0) is 0 Å². The van der Waals surface area contributed by atoms with E-state index in [2.05, 4.69) is 36.0 Å². The van der Waals surface area contributed by atoms with E-state index in [9.17, 15) is 0 Å². The van der Waals surface area contributed by atoms with Gasteiger partial charge in [0, 0.05) is 25.2 Å². The van der Waals surface area contributed by atoms with Gasteiger partial charge in [0.15, 0.2) is 0 Å². The SMILES string of the molecule is CN1CCN(CCC2CNC2)CC1(C)C. The van der Waals surface area contributed by atoms with E-state index in [1.807, 2.05) is 0 Å². The molecular weight excluding hydrogens is 186 g/mol. The van der Waals surface area contributed by atoms with Crippen molar-refractivity contribution in [3.05, 3.63) is 0 Å². The molecule has 2 heterocycles. The van der Waals surface area contributed by atoms with Gasteiger partial charge in [0.25, 0.3) is 0 Å². The Bertz CT molecular complexity index is 211. The average Bonchev–Trinajstić information content (AvgIpc) is 2.08. The van der Waals surface area contributed by atoms with Crippen molar-refractivity contribution in [3.8, 4) is 0 Å². The van der Waals surface area contributed by atoms with Crippen LogP contribution in [0.1, 0.15) is 20.3 Å². The summed E-state index contributed by atoms with van der Waals surface area (Å²) in [6, 6.07) is 0. The normalized spacial score (nSPS) is 29.0. The molecule has 0 unspecified atom stereocenters. The van der Waals surface area contributed by atoms with E-state index in [1.54, 1.807) is 0 Å². The van der Waals surface area contributed by atoms with E-state index in [4.69, 9.17) is 0 Å². The Balaban J connectivity index is 1.73. The highest BCUT2D eigenvalue weighted by Gasteiger charge is 2.31. The van der Waals surface area contributed by atoms with E-state index in [1.165, 1.54) is 45.7 Å². The second-order valence-corrected chi connectivity index (χ2v) is 5.82. The third-order valence-electron chi connectivity index (χ3n) is 4.12. The zero-order chi connectivity index (χ0) is 10.9. The van der Waals surface area contributed by atoms with Gasteiger partial charge in [-0.1, -0.05) is 0 Å². The first-order valence-corrected chi connectivity index (χ1v) is 6.22. The topological polar surface area (TPSA) is 18.5 Å². The van der Waals surface area contributed by atoms with Gasteiger partial charge in [-0.2, -0.15) is 0 Å². The molecule has 0 bridgehead atoms. The molecule has 88 valence electrons. The molecule has 2 aliphatic heterocycles. The highest BCUT2D eigenvalue weighted by Crippen LogP contribution is 2.19. The van der Waals surface area contributed by atoms with Gasteiger partial charge >= 0.3 is 0 Å². The van der Waals surface area contributed by atoms with Crippen LogP contribution < -0.4 is 5.32 Å². The van der Waals surface area contributed by atoms with Crippen molar-refractivity contribution in [1.82, 2.24) is 15.1 Å². The van der Waals surface area contributed by atoms with Crippen molar-refractivity contribution in [1.29, 1.82) is 0 Å². The maximum Gasteiger partial charge on any atom is 0.0277 e. The molecule has 0 aromatic carbocycles. The Labute approximate surface area is 93.8 Å². The number of piperazine rings is 1. The molecule has 3 nitrogen and oxygen atoms in total. The van der Waals surface area contributed by atoms with Gasteiger partial charge in [0.2, 0.25) is 0 Å². The van der Waals surface area contributed by atoms with Crippen LogP contribution >= 0.6 is 0 Å². The molecule has 2 fully saturated rings. The first-order valence-electron chi connectivity index (χ1n) is 6.22. The Morgan fingerprint density at radius 3 is 2.53 bits per heavy atom. The van der Waals surface area contributed by atoms with Crippen molar-refractivity contribution in [2.45, 2.75) is 25.8 Å². The molecular formula is C12H25N3. The van der Waals surface area contributed by atoms with Crippen LogP contribution in [0.25, 0.3) is 0 Å². The fraction of sp³-hybridized carbons (Fsp3) is 1.00. The van der Waals surface area contributed by atoms with E-state index in [0.717, 1.165) is 5.92 Å². The number of nitrogens with zero attached hydrogens (tertiary/aromatic N) is 2. The third-order valence-corrected chi connectivity index (χ3v) is 4.12. The van der Waals surface area contributed by atoms with E-state index in [0.29, 0.717) is 5.54 Å². The Morgan fingerprint density at radius 2 is 2.00 bits per heavy atom. The van der Waals surface area contributed by atoms with E-state index < -0.39 is 0 Å². The summed E-state index contributed by atoms with van der Waals surface area (Å²) in [6.45, 7) is 12.2. The van der Waals surface area contributed by atoms with Gasteiger partial charge in [-0.15, -0.1) is 0 Å². The van der Waals surface area contributed by atoms with Crippen LogP contribution in [0.4, 0.5) is 0 Å². The standard InChI is InChI=1S/C12H25N3/c1-12(2)10-15(7-6-14(12)3)5-4-11-8-13-9-11/h11,13H,4-10H2,1-3H3. The molecule has 0 aromatic heterocycles. The lowest BCUT2D eigenvalue weighted by molar-refractivity contribution is 0.0360. The summed E-state index contributed by atoms with van der Waals surface area (Å²) in [7, 11) is 2.24.